The molecular weight excluding hydrogens is 505 g/mol. The van der Waals surface area contributed by atoms with E-state index < -0.39 is 5.60 Å². The van der Waals surface area contributed by atoms with Crippen LogP contribution in [0.15, 0.2) is 47.2 Å². The molecule has 1 saturated heterocycles. The number of piperazine rings is 1. The Balaban J connectivity index is 1.09. The van der Waals surface area contributed by atoms with Crippen LogP contribution in [-0.4, -0.2) is 84.3 Å². The van der Waals surface area contributed by atoms with Crippen molar-refractivity contribution in [2.24, 2.45) is 0 Å². The van der Waals surface area contributed by atoms with Gasteiger partial charge >= 0.3 is 0 Å². The van der Waals surface area contributed by atoms with Gasteiger partial charge in [0.15, 0.2) is 17.1 Å². The van der Waals surface area contributed by atoms with Gasteiger partial charge in [-0.15, -0.1) is 5.10 Å². The van der Waals surface area contributed by atoms with Gasteiger partial charge in [0.25, 0.3) is 0 Å². The first-order chi connectivity index (χ1) is 18.7. The van der Waals surface area contributed by atoms with Gasteiger partial charge in [-0.05, 0) is 38.1 Å². The molecule has 1 fully saturated rings. The second kappa shape index (κ2) is 9.82. The Bertz CT molecular complexity index is 1600. The summed E-state index contributed by atoms with van der Waals surface area (Å²) < 4.78 is 29.1. The third kappa shape index (κ3) is 5.10. The normalized spacial score (nSPS) is 15.0. The van der Waals surface area contributed by atoms with Crippen molar-refractivity contribution in [3.05, 3.63) is 48.6 Å². The second-order valence-electron chi connectivity index (χ2n) is 10.3. The van der Waals surface area contributed by atoms with E-state index in [0.717, 1.165) is 25.0 Å². The van der Waals surface area contributed by atoms with Crippen molar-refractivity contribution in [1.29, 1.82) is 0 Å². The molecule has 5 aromatic rings. The van der Waals surface area contributed by atoms with Crippen LogP contribution in [0.25, 0.3) is 28.3 Å². The van der Waals surface area contributed by atoms with Crippen LogP contribution in [0.3, 0.4) is 0 Å². The number of furan rings is 1. The molecule has 6 rings (SSSR count). The summed E-state index contributed by atoms with van der Waals surface area (Å²) in [4.78, 5) is 13.5. The number of hydrogen-bond donors (Lipinski definition) is 2. The number of aliphatic hydroxyl groups is 1. The lowest BCUT2D eigenvalue weighted by atomic mass is 10.1. The van der Waals surface area contributed by atoms with Gasteiger partial charge in [-0.3, -0.25) is 4.90 Å². The lowest BCUT2D eigenvalue weighted by Crippen LogP contribution is -2.47. The molecule has 13 heteroatoms. The number of fused-ring (bicyclic) bond motifs is 3. The molecule has 39 heavy (non-hydrogen) atoms. The predicted octanol–water partition coefficient (Wildman–Crippen LogP) is 2.43. The number of ether oxygens (including phenoxy) is 1. The van der Waals surface area contributed by atoms with Crippen LogP contribution in [0.2, 0.25) is 0 Å². The molecule has 4 aromatic heterocycles. The van der Waals surface area contributed by atoms with E-state index in [4.69, 9.17) is 14.9 Å². The van der Waals surface area contributed by atoms with Gasteiger partial charge in [0.05, 0.1) is 35.7 Å². The summed E-state index contributed by atoms with van der Waals surface area (Å²) in [6.07, 6.45) is 3.30. The van der Waals surface area contributed by atoms with Gasteiger partial charge in [0.2, 0.25) is 11.8 Å². The first-order valence-corrected chi connectivity index (χ1v) is 12.8. The molecule has 0 unspecified atom stereocenters. The smallest absolute Gasteiger partial charge is 0.225 e. The van der Waals surface area contributed by atoms with Gasteiger partial charge < -0.3 is 24.9 Å². The van der Waals surface area contributed by atoms with E-state index in [1.807, 2.05) is 9.58 Å². The molecule has 12 nitrogen and oxygen atoms in total. The van der Waals surface area contributed by atoms with E-state index in [1.54, 1.807) is 50.6 Å². The molecule has 1 aliphatic rings. The standard InChI is InChI=1S/C26H30FN9O3/c1-26(2,37)16-39-17-5-6-20(19(27)14-17)34-10-7-33(8-11-34)9-12-35-23-18(15-29-35)24-30-22(21-4-3-13-38-21)32-36(24)25(28)31-23/h3-6,13-15,37H,7-12,16H2,1-2H3,(H2,28,31). The third-order valence-electron chi connectivity index (χ3n) is 6.69. The van der Waals surface area contributed by atoms with Crippen molar-refractivity contribution in [2.45, 2.75) is 26.0 Å². The van der Waals surface area contributed by atoms with Gasteiger partial charge in [0.1, 0.15) is 18.2 Å². The topological polar surface area (TPSA) is 136 Å². The Morgan fingerprint density at radius 1 is 1.10 bits per heavy atom. The number of aromatic nitrogens is 6. The molecule has 0 aliphatic carbocycles. The van der Waals surface area contributed by atoms with E-state index in [-0.39, 0.29) is 18.4 Å². The van der Waals surface area contributed by atoms with E-state index in [2.05, 4.69) is 25.1 Å². The Kier molecular flexibility index (Phi) is 6.31. The SMILES string of the molecule is CC(C)(O)COc1ccc(N2CCN(CCn3ncc4c3nc(N)n3nc(-c5ccco5)nc43)CC2)c(F)c1. The maximum Gasteiger partial charge on any atom is 0.225 e. The number of halogens is 1. The summed E-state index contributed by atoms with van der Waals surface area (Å²) in [5.41, 5.74) is 6.98. The van der Waals surface area contributed by atoms with Crippen molar-refractivity contribution in [2.75, 3.05) is 50.0 Å². The predicted molar refractivity (Wildman–Crippen MR) is 143 cm³/mol. The fourth-order valence-electron chi connectivity index (χ4n) is 4.67. The number of benzene rings is 1. The largest absolute Gasteiger partial charge is 0.491 e. The highest BCUT2D eigenvalue weighted by molar-refractivity contribution is 5.90. The Labute approximate surface area is 223 Å². The van der Waals surface area contributed by atoms with Crippen LogP contribution in [0.5, 0.6) is 5.75 Å². The quantitative estimate of drug-likeness (QED) is 0.305. The monoisotopic (exact) mass is 535 g/mol. The summed E-state index contributed by atoms with van der Waals surface area (Å²) >= 11 is 0. The molecule has 0 amide bonds. The van der Waals surface area contributed by atoms with Crippen molar-refractivity contribution in [3.8, 4) is 17.3 Å². The van der Waals surface area contributed by atoms with Crippen molar-refractivity contribution in [1.82, 2.24) is 34.3 Å². The Morgan fingerprint density at radius 3 is 2.64 bits per heavy atom. The minimum absolute atomic E-state index is 0.0912. The molecule has 0 spiro atoms. The number of hydrogen-bond acceptors (Lipinski definition) is 10. The molecule has 0 radical (unpaired) electrons. The van der Waals surface area contributed by atoms with Crippen LogP contribution in [-0.2, 0) is 6.54 Å². The summed E-state index contributed by atoms with van der Waals surface area (Å²) in [5, 5.41) is 19.5. The molecular formula is C26H30FN9O3. The summed E-state index contributed by atoms with van der Waals surface area (Å²) in [6.45, 7) is 7.72. The second-order valence-corrected chi connectivity index (χ2v) is 10.3. The van der Waals surface area contributed by atoms with Gasteiger partial charge in [0, 0.05) is 38.8 Å². The minimum atomic E-state index is -0.983. The molecule has 3 N–H and O–H groups in total. The molecule has 1 aromatic carbocycles. The van der Waals surface area contributed by atoms with Crippen LogP contribution < -0.4 is 15.4 Å². The number of rotatable bonds is 8. The highest BCUT2D eigenvalue weighted by atomic mass is 19.1. The maximum absolute atomic E-state index is 14.8. The average Bonchev–Trinajstić information content (AvgIpc) is 3.66. The fourth-order valence-corrected chi connectivity index (χ4v) is 4.67. The summed E-state index contributed by atoms with van der Waals surface area (Å²) in [7, 11) is 0. The van der Waals surface area contributed by atoms with E-state index in [9.17, 15) is 9.50 Å². The average molecular weight is 536 g/mol. The molecule has 0 saturated carbocycles. The number of anilines is 2. The molecule has 1 aliphatic heterocycles. The van der Waals surface area contributed by atoms with Crippen LogP contribution >= 0.6 is 0 Å². The van der Waals surface area contributed by atoms with Gasteiger partial charge in [-0.2, -0.15) is 14.6 Å². The zero-order chi connectivity index (χ0) is 27.1. The fraction of sp³-hybridized carbons (Fsp3) is 0.385. The van der Waals surface area contributed by atoms with E-state index in [0.29, 0.717) is 54.0 Å². The summed E-state index contributed by atoms with van der Waals surface area (Å²) in [5.74, 6) is 1.26. The van der Waals surface area contributed by atoms with Gasteiger partial charge in [-0.1, -0.05) is 0 Å². The van der Waals surface area contributed by atoms with Crippen molar-refractivity contribution < 1.29 is 18.7 Å². The molecule has 0 atom stereocenters. The first kappa shape index (κ1) is 25.1. The lowest BCUT2D eigenvalue weighted by molar-refractivity contribution is 0.0284. The molecule has 204 valence electrons. The highest BCUT2D eigenvalue weighted by Crippen LogP contribution is 2.26. The zero-order valence-electron chi connectivity index (χ0n) is 21.8. The third-order valence-corrected chi connectivity index (χ3v) is 6.69. The first-order valence-electron chi connectivity index (χ1n) is 12.8. The Hall–Kier alpha value is -4.23. The van der Waals surface area contributed by atoms with Crippen molar-refractivity contribution in [3.63, 3.8) is 0 Å². The number of nitrogen functional groups attached to an aromatic ring is 1. The zero-order valence-corrected chi connectivity index (χ0v) is 21.8. The highest BCUT2D eigenvalue weighted by Gasteiger charge is 2.22. The lowest BCUT2D eigenvalue weighted by Gasteiger charge is -2.36. The molecule has 5 heterocycles. The Morgan fingerprint density at radius 2 is 1.92 bits per heavy atom. The van der Waals surface area contributed by atoms with E-state index >= 15 is 0 Å². The summed E-state index contributed by atoms with van der Waals surface area (Å²) in [6, 6.07) is 8.41. The number of nitrogens with zero attached hydrogens (tertiary/aromatic N) is 8. The van der Waals surface area contributed by atoms with Crippen LogP contribution in [0, 0.1) is 5.82 Å². The van der Waals surface area contributed by atoms with Crippen LogP contribution in [0.4, 0.5) is 16.0 Å². The maximum atomic E-state index is 14.8. The van der Waals surface area contributed by atoms with Gasteiger partial charge in [-0.25, -0.2) is 14.1 Å². The number of nitrogens with two attached hydrogens (primary N) is 1. The van der Waals surface area contributed by atoms with Crippen LogP contribution in [0.1, 0.15) is 13.8 Å². The molecule has 0 bridgehead atoms. The van der Waals surface area contributed by atoms with E-state index in [1.165, 1.54) is 10.6 Å². The minimum Gasteiger partial charge on any atom is -0.491 e. The van der Waals surface area contributed by atoms with Crippen molar-refractivity contribution >= 4 is 28.3 Å².